The predicted molar refractivity (Wildman–Crippen MR) is 155 cm³/mol. The predicted octanol–water partition coefficient (Wildman–Crippen LogP) is -5.35. The van der Waals surface area contributed by atoms with E-state index in [2.05, 4.69) is 20.9 Å². The molecule has 0 radical (unpaired) electrons. The zero-order valence-electron chi connectivity index (χ0n) is 25.3. The molecule has 230 valence electrons. The quantitative estimate of drug-likeness (QED) is 0.0702. The van der Waals surface area contributed by atoms with Gasteiger partial charge in [0, 0.05) is 22.1 Å². The smallest absolute Gasteiger partial charge is 0.744 e. The van der Waals surface area contributed by atoms with Crippen molar-refractivity contribution < 1.29 is 140 Å². The van der Waals surface area contributed by atoms with Crippen molar-refractivity contribution >= 4 is 76.5 Å². The van der Waals surface area contributed by atoms with E-state index >= 15 is 0 Å². The molecule has 20 heteroatoms. The Morgan fingerprint density at radius 3 is 1.73 bits per heavy atom. The van der Waals surface area contributed by atoms with Crippen LogP contribution in [0.2, 0.25) is 0 Å². The first kappa shape index (κ1) is 41.6. The Hall–Kier alpha value is -2.62. The van der Waals surface area contributed by atoms with Crippen molar-refractivity contribution in [2.45, 2.75) is 9.79 Å². The number of nitrogens with one attached hydrogen (secondary N) is 2. The second-order valence-corrected chi connectivity index (χ2v) is 12.1. The van der Waals surface area contributed by atoms with Gasteiger partial charge in [0.05, 0.1) is 21.4 Å². The third kappa shape index (κ3) is 9.54. The van der Waals surface area contributed by atoms with Crippen molar-refractivity contribution in [3.63, 3.8) is 0 Å². The Morgan fingerprint density at radius 1 is 0.667 bits per heavy atom. The number of hydrogen-bond donors (Lipinski definition) is 4. The summed E-state index contributed by atoms with van der Waals surface area (Å²) in [4.78, 5) is 22.0. The van der Waals surface area contributed by atoms with E-state index in [0.717, 1.165) is 18.2 Å². The average Bonchev–Trinajstić information content (AvgIpc) is 2.95. The van der Waals surface area contributed by atoms with Gasteiger partial charge in [0.1, 0.15) is 31.7 Å². The molecule has 0 aliphatic rings. The maximum absolute atomic E-state index is 12.7. The molecule has 0 fully saturated rings. The summed E-state index contributed by atoms with van der Waals surface area (Å²) in [5.74, 6) is -2.58. The molecule has 2 amide bonds. The van der Waals surface area contributed by atoms with E-state index in [0.29, 0.717) is 0 Å². The van der Waals surface area contributed by atoms with E-state index in [1.165, 1.54) is 60.7 Å². The van der Waals surface area contributed by atoms with E-state index in [-0.39, 0.29) is 133 Å². The number of amides is 2. The van der Waals surface area contributed by atoms with Gasteiger partial charge in [-0.15, -0.1) is 5.11 Å². The van der Waals surface area contributed by atoms with Gasteiger partial charge in [0.25, 0.3) is 0 Å². The molecule has 0 saturated heterocycles. The fourth-order valence-corrected chi connectivity index (χ4v) is 5.50. The number of carbonyl (C=O) groups excluding carboxylic acids is 2. The van der Waals surface area contributed by atoms with E-state index < -0.39 is 59.2 Å². The van der Waals surface area contributed by atoms with Crippen molar-refractivity contribution in [3.8, 4) is 11.5 Å². The molecule has 5 rings (SSSR count). The minimum absolute atomic E-state index is 0. The van der Waals surface area contributed by atoms with Gasteiger partial charge < -0.3 is 39.9 Å². The summed E-state index contributed by atoms with van der Waals surface area (Å²) < 4.78 is 70.3. The fraction of sp³-hybridized carbons (Fsp3) is 0. The SMILES string of the molecule is O=C(Nc1ccc2c(O)cc(S(=O)(=O)[O-])cc2c1)Nc1ccc2c(O)c(N=Nc3ccc(C(=O)[O-])cc3)c(S(=O)(=O)[O-])cc2c1.[Na+].[Na+].[Na+]. The number of phenolic OH excluding ortho intramolecular Hbond substituents is 2. The van der Waals surface area contributed by atoms with Gasteiger partial charge in [0.2, 0.25) is 0 Å². The standard InChI is InChI=1S/C28H20N4O11S2.3Na/c33-23-13-20(44(38,39)40)11-15-9-18(5-7-21(15)23)29-28(37)30-19-6-8-22-16(10-19)12-24(45(41,42)43)25(26(22)34)32-31-17-3-1-14(2-4-17)27(35)36;;;/h1-13,33-34H,(H,35,36)(H2,29,30,37)(H,38,39,40)(H,41,42,43);;;/q;3*+1/p-3. The molecule has 0 unspecified atom stereocenters. The monoisotopic (exact) mass is 718 g/mol. The summed E-state index contributed by atoms with van der Waals surface area (Å²) >= 11 is 0. The summed E-state index contributed by atoms with van der Waals surface area (Å²) in [7, 11) is -10.1. The minimum atomic E-state index is -5.20. The van der Waals surface area contributed by atoms with Crippen LogP contribution in [0.15, 0.2) is 98.9 Å². The maximum atomic E-state index is 12.7. The first-order valence-corrected chi connectivity index (χ1v) is 15.2. The molecule has 0 aliphatic carbocycles. The van der Waals surface area contributed by atoms with Crippen molar-refractivity contribution in [1.29, 1.82) is 0 Å². The van der Waals surface area contributed by atoms with Crippen LogP contribution in [0, 0.1) is 0 Å². The van der Waals surface area contributed by atoms with Gasteiger partial charge in [0.15, 0.2) is 5.75 Å². The van der Waals surface area contributed by atoms with Crippen LogP contribution < -0.4 is 104 Å². The molecule has 5 aromatic rings. The van der Waals surface area contributed by atoms with Gasteiger partial charge in [-0.3, -0.25) is 0 Å². The number of aromatic carboxylic acids is 1. The number of carboxylic acid groups (broad SMARTS) is 1. The molecule has 0 aliphatic heterocycles. The second kappa shape index (κ2) is 16.4. The van der Waals surface area contributed by atoms with Crippen molar-refractivity contribution in [2.24, 2.45) is 10.2 Å². The summed E-state index contributed by atoms with van der Waals surface area (Å²) in [6.45, 7) is 0. The van der Waals surface area contributed by atoms with Crippen LogP contribution in [0.25, 0.3) is 21.5 Å². The molecule has 48 heavy (non-hydrogen) atoms. The summed E-state index contributed by atoms with van der Waals surface area (Å²) in [6.07, 6.45) is 0. The number of urea groups is 1. The van der Waals surface area contributed by atoms with E-state index in [9.17, 15) is 50.8 Å². The molecular weight excluding hydrogens is 701 g/mol. The second-order valence-electron chi connectivity index (χ2n) is 9.41. The Balaban J connectivity index is 0.00000267. The fourth-order valence-electron chi connectivity index (χ4n) is 4.33. The Bertz CT molecular complexity index is 2300. The van der Waals surface area contributed by atoms with Crippen LogP contribution in [0.4, 0.5) is 27.5 Å². The van der Waals surface area contributed by atoms with Crippen molar-refractivity contribution in [3.05, 3.63) is 84.4 Å². The number of fused-ring (bicyclic) bond motifs is 2. The third-order valence-corrected chi connectivity index (χ3v) is 8.06. The average molecular weight is 719 g/mol. The zero-order chi connectivity index (χ0) is 32.7. The van der Waals surface area contributed by atoms with Crippen LogP contribution in [-0.2, 0) is 20.2 Å². The van der Waals surface area contributed by atoms with Crippen LogP contribution in [0.3, 0.4) is 0 Å². The van der Waals surface area contributed by atoms with Gasteiger partial charge >= 0.3 is 94.7 Å². The van der Waals surface area contributed by atoms with Crippen LogP contribution in [-0.4, -0.2) is 48.2 Å². The first-order chi connectivity index (χ1) is 21.1. The number of benzene rings is 5. The van der Waals surface area contributed by atoms with Gasteiger partial charge in [-0.1, -0.05) is 12.1 Å². The Morgan fingerprint density at radius 2 is 1.21 bits per heavy atom. The molecule has 0 atom stereocenters. The van der Waals surface area contributed by atoms with Gasteiger partial charge in [-0.05, 0) is 83.1 Å². The molecule has 15 nitrogen and oxygen atoms in total. The molecule has 0 aromatic heterocycles. The number of hydrogen-bond acceptors (Lipinski definition) is 13. The number of azo groups is 1. The number of carboxylic acids is 1. The van der Waals surface area contributed by atoms with Crippen LogP contribution in [0.5, 0.6) is 11.5 Å². The number of anilines is 2. The topological polar surface area (TPSA) is 261 Å². The summed E-state index contributed by atoms with van der Waals surface area (Å²) in [6, 6.07) is 14.9. The maximum Gasteiger partial charge on any atom is 1.00 e. The third-order valence-electron chi connectivity index (χ3n) is 6.40. The van der Waals surface area contributed by atoms with Gasteiger partial charge in [-0.2, -0.15) is 5.11 Å². The molecule has 5 aromatic carbocycles. The Kier molecular flexibility index (Phi) is 14.2. The molecule has 0 spiro atoms. The molecule has 0 heterocycles. The van der Waals surface area contributed by atoms with E-state index in [1.807, 2.05) is 0 Å². The zero-order valence-corrected chi connectivity index (χ0v) is 32.9. The molecule has 0 saturated carbocycles. The number of rotatable bonds is 7. The molecule has 4 N–H and O–H groups in total. The first-order valence-electron chi connectivity index (χ1n) is 12.4. The number of phenols is 2. The van der Waals surface area contributed by atoms with Gasteiger partial charge in [-0.25, -0.2) is 21.6 Å². The van der Waals surface area contributed by atoms with E-state index in [1.54, 1.807) is 0 Å². The van der Waals surface area contributed by atoms with E-state index in [4.69, 9.17) is 0 Å². The minimum Gasteiger partial charge on any atom is -0.744 e. The normalized spacial score (nSPS) is 11.3. The molecular formula is C28H17N4Na3O11S2. The Labute approximate surface area is 338 Å². The number of carbonyl (C=O) groups is 2. The van der Waals surface area contributed by atoms with Crippen molar-refractivity contribution in [1.82, 2.24) is 0 Å². The van der Waals surface area contributed by atoms with Crippen LogP contribution >= 0.6 is 0 Å². The summed E-state index contributed by atoms with van der Waals surface area (Å²) in [5.41, 5.74) is -0.460. The van der Waals surface area contributed by atoms with Crippen molar-refractivity contribution in [2.75, 3.05) is 10.6 Å². The summed E-state index contributed by atoms with van der Waals surface area (Å²) in [5, 5.41) is 44.7. The largest absolute Gasteiger partial charge is 1.00 e. The van der Waals surface area contributed by atoms with Crippen LogP contribution in [0.1, 0.15) is 10.4 Å². The molecule has 0 bridgehead atoms. The number of nitrogens with zero attached hydrogens (tertiary/aromatic N) is 2. The number of aromatic hydroxyl groups is 2.